The van der Waals surface area contributed by atoms with Gasteiger partial charge in [-0.2, -0.15) is 27.1 Å². The molecule has 2 aromatic carbocycles. The quantitative estimate of drug-likeness (QED) is 0.622. The van der Waals surface area contributed by atoms with Crippen LogP contribution in [0.2, 0.25) is 0 Å². The fraction of sp³-hybridized carbons (Fsp3) is 0.222. The predicted octanol–water partition coefficient (Wildman–Crippen LogP) is 2.58. The van der Waals surface area contributed by atoms with E-state index in [1.54, 1.807) is 24.3 Å². The molecule has 0 radical (unpaired) electrons. The highest BCUT2D eigenvalue weighted by Gasteiger charge is 2.12. The molecule has 4 N–H and O–H groups in total. The summed E-state index contributed by atoms with van der Waals surface area (Å²) in [5.41, 5.74) is 3.67. The van der Waals surface area contributed by atoms with Gasteiger partial charge in [-0.25, -0.2) is 0 Å². The molecule has 0 spiro atoms. The summed E-state index contributed by atoms with van der Waals surface area (Å²) in [6, 6.07) is 13.2. The minimum absolute atomic E-state index is 0.114. The molecule has 8 nitrogen and oxygen atoms in total. The molecule has 152 valence electrons. The van der Waals surface area contributed by atoms with E-state index in [4.69, 9.17) is 14.5 Å². The summed E-state index contributed by atoms with van der Waals surface area (Å²) in [4.78, 5) is 0. The van der Waals surface area contributed by atoms with Crippen LogP contribution in [0.3, 0.4) is 0 Å². The average molecular weight is 427 g/mol. The first kappa shape index (κ1) is 21.9. The van der Waals surface area contributed by atoms with Gasteiger partial charge in [-0.05, 0) is 59.4 Å². The Kier molecular flexibility index (Phi) is 6.83. The Bertz CT molecular complexity index is 1080. The van der Waals surface area contributed by atoms with Gasteiger partial charge in [0, 0.05) is 0 Å². The zero-order valence-electron chi connectivity index (χ0n) is 15.5. The topological polar surface area (TPSA) is 139 Å². The highest BCUT2D eigenvalue weighted by molar-refractivity contribution is 7.85. The second-order valence-electron chi connectivity index (χ2n) is 5.87. The van der Waals surface area contributed by atoms with Crippen LogP contribution in [-0.4, -0.2) is 16.8 Å². The largest absolute Gasteiger partial charge is 0.380 e. The third kappa shape index (κ3) is 6.34. The van der Waals surface area contributed by atoms with Crippen molar-refractivity contribution in [1.29, 1.82) is 0 Å². The molecule has 0 unspecified atom stereocenters. The third-order valence-corrected chi connectivity index (χ3v) is 4.73. The molecule has 0 atom stereocenters. The lowest BCUT2D eigenvalue weighted by molar-refractivity contribution is 0.485. The minimum atomic E-state index is -4.11. The smallest absolute Gasteiger partial charge is 0.371 e. The highest BCUT2D eigenvalue weighted by atomic mass is 32.2. The van der Waals surface area contributed by atoms with E-state index in [1.165, 1.54) is 18.2 Å². The van der Waals surface area contributed by atoms with E-state index in [9.17, 15) is 16.8 Å². The number of rotatable bonds is 8. The maximum atomic E-state index is 11.2. The van der Waals surface area contributed by atoms with E-state index >= 15 is 0 Å². The summed E-state index contributed by atoms with van der Waals surface area (Å²) in [5, 5.41) is 9.81. The van der Waals surface area contributed by atoms with Gasteiger partial charge in [-0.15, -0.1) is 0 Å². The van der Waals surface area contributed by atoms with Gasteiger partial charge in [0.05, 0.1) is 0 Å². The maximum absolute atomic E-state index is 11.2. The van der Waals surface area contributed by atoms with Crippen LogP contribution < -0.4 is 18.6 Å². The lowest BCUT2D eigenvalue weighted by Gasteiger charge is -2.15. The van der Waals surface area contributed by atoms with Crippen LogP contribution in [-0.2, 0) is 20.6 Å². The monoisotopic (exact) mass is 426 g/mol. The van der Waals surface area contributed by atoms with Crippen molar-refractivity contribution in [2.45, 2.75) is 26.7 Å². The summed E-state index contributed by atoms with van der Waals surface area (Å²) < 4.78 is 53.8. The van der Waals surface area contributed by atoms with Gasteiger partial charge >= 0.3 is 20.6 Å². The Morgan fingerprint density at radius 3 is 1.75 bits per heavy atom. The number of hydrogen-bond acceptors (Lipinski definition) is 6. The van der Waals surface area contributed by atoms with E-state index in [-0.39, 0.29) is 11.5 Å². The zero-order chi connectivity index (χ0) is 20.9. The van der Waals surface area contributed by atoms with Crippen molar-refractivity contribution in [2.75, 3.05) is 0 Å². The summed E-state index contributed by atoms with van der Waals surface area (Å²) >= 11 is 0. The van der Waals surface area contributed by atoms with Gasteiger partial charge in [-0.3, -0.25) is 0 Å². The molecule has 0 saturated carbocycles. The molecule has 0 aromatic heterocycles. The van der Waals surface area contributed by atoms with Crippen molar-refractivity contribution >= 4 is 31.8 Å². The lowest BCUT2D eigenvalue weighted by atomic mass is 9.91. The van der Waals surface area contributed by atoms with Gasteiger partial charge < -0.3 is 8.37 Å². The first-order valence-electron chi connectivity index (χ1n) is 8.39. The van der Waals surface area contributed by atoms with Crippen LogP contribution in [0.25, 0.3) is 11.1 Å². The van der Waals surface area contributed by atoms with Crippen LogP contribution in [0.1, 0.15) is 37.8 Å². The van der Waals surface area contributed by atoms with Crippen LogP contribution >= 0.6 is 0 Å². The van der Waals surface area contributed by atoms with Crippen LogP contribution in [0.4, 0.5) is 0 Å². The van der Waals surface area contributed by atoms with Crippen LogP contribution in [0.15, 0.2) is 48.5 Å². The van der Waals surface area contributed by atoms with Gasteiger partial charge in [0.2, 0.25) is 0 Å². The Labute approximate surface area is 165 Å². The Morgan fingerprint density at radius 1 is 0.750 bits per heavy atom. The molecule has 28 heavy (non-hydrogen) atoms. The molecule has 0 saturated heterocycles. The summed E-state index contributed by atoms with van der Waals surface area (Å²) in [6.07, 6.45) is 1.37. The molecule has 2 rings (SSSR count). The molecule has 0 heterocycles. The van der Waals surface area contributed by atoms with E-state index < -0.39 is 20.6 Å². The molecular formula is C18H22N2O6S2. The molecule has 2 aromatic rings. The van der Waals surface area contributed by atoms with Crippen LogP contribution in [0.5, 0.6) is 11.5 Å². The van der Waals surface area contributed by atoms with E-state index in [2.05, 4.69) is 4.18 Å². The number of benzene rings is 2. The fourth-order valence-electron chi connectivity index (χ4n) is 2.90. The first-order valence-corrected chi connectivity index (χ1v) is 11.3. The van der Waals surface area contributed by atoms with E-state index in [1.807, 2.05) is 19.9 Å². The van der Waals surface area contributed by atoms with Crippen molar-refractivity contribution < 1.29 is 25.2 Å². The van der Waals surface area contributed by atoms with Crippen molar-refractivity contribution in [3.63, 3.8) is 0 Å². The first-order chi connectivity index (χ1) is 13.0. The second-order valence-corrected chi connectivity index (χ2v) is 8.17. The van der Waals surface area contributed by atoms with E-state index in [0.717, 1.165) is 22.3 Å². The normalized spacial score (nSPS) is 13.0. The Hall–Kier alpha value is -2.40. The van der Waals surface area contributed by atoms with Crippen molar-refractivity contribution in [3.05, 3.63) is 59.7 Å². The Morgan fingerprint density at radius 2 is 1.25 bits per heavy atom. The van der Waals surface area contributed by atoms with Crippen molar-refractivity contribution in [2.24, 2.45) is 10.3 Å². The third-order valence-electron chi connectivity index (χ3n) is 3.88. The fourth-order valence-corrected chi connectivity index (χ4v) is 3.65. The molecule has 0 bridgehead atoms. The molecular weight excluding hydrogens is 404 g/mol. The predicted molar refractivity (Wildman–Crippen MR) is 108 cm³/mol. The summed E-state index contributed by atoms with van der Waals surface area (Å²) in [6.45, 7) is 3.97. The average Bonchev–Trinajstić information content (AvgIpc) is 2.58. The Balaban J connectivity index is 2.46. The maximum Gasteiger partial charge on any atom is 0.380 e. The van der Waals surface area contributed by atoms with Crippen molar-refractivity contribution in [3.8, 4) is 11.5 Å². The molecule has 10 heteroatoms. The number of hydrogen-bond donors (Lipinski definition) is 2. The van der Waals surface area contributed by atoms with Crippen molar-refractivity contribution in [1.82, 2.24) is 0 Å². The minimum Gasteiger partial charge on any atom is -0.371 e. The number of allylic oxidation sites excluding steroid dienone is 2. The SMILES string of the molecule is CC/C(=C(/CC)c1cccc(OS(N)(=O)=O)c1)c1ccc(OS(N)(=O)=O)cc1. The summed E-state index contributed by atoms with van der Waals surface area (Å²) in [7, 11) is -8.20. The summed E-state index contributed by atoms with van der Waals surface area (Å²) in [5.74, 6) is 0.238. The van der Waals surface area contributed by atoms with Gasteiger partial charge in [0.1, 0.15) is 11.5 Å². The number of nitrogens with two attached hydrogens (primary N) is 2. The second kappa shape index (κ2) is 8.74. The molecule has 0 aliphatic rings. The molecule has 0 aliphatic carbocycles. The van der Waals surface area contributed by atoms with E-state index in [0.29, 0.717) is 12.8 Å². The zero-order valence-corrected chi connectivity index (χ0v) is 17.1. The lowest BCUT2D eigenvalue weighted by Crippen LogP contribution is -2.18. The molecule has 0 aliphatic heterocycles. The van der Waals surface area contributed by atoms with Crippen LogP contribution in [0, 0.1) is 0 Å². The molecule has 0 fully saturated rings. The van der Waals surface area contributed by atoms with Gasteiger partial charge in [-0.1, -0.05) is 38.1 Å². The van der Waals surface area contributed by atoms with Gasteiger partial charge in [0.25, 0.3) is 0 Å². The molecule has 0 amide bonds. The highest BCUT2D eigenvalue weighted by Crippen LogP contribution is 2.33. The van der Waals surface area contributed by atoms with Gasteiger partial charge in [0.15, 0.2) is 0 Å². The standard InChI is InChI=1S/C18H22N2O6S2/c1-3-17(13-8-10-15(11-9-13)25-27(19,21)22)18(4-2)14-6-5-7-16(12-14)26-28(20,23)24/h5-12H,3-4H2,1-2H3,(H2,19,21,22)(H2,20,23,24)/b18-17+.